The first-order valence-corrected chi connectivity index (χ1v) is 9.49. The predicted octanol–water partition coefficient (Wildman–Crippen LogP) is 4.31. The van der Waals surface area contributed by atoms with Gasteiger partial charge in [-0.05, 0) is 48.9 Å². The Hall–Kier alpha value is -3.67. The van der Waals surface area contributed by atoms with Crippen molar-refractivity contribution in [1.82, 2.24) is 15.0 Å². The zero-order valence-corrected chi connectivity index (χ0v) is 16.1. The number of aromatic nitrogens is 3. The molecule has 0 spiro atoms. The van der Waals surface area contributed by atoms with E-state index in [1.165, 1.54) is 0 Å². The molecule has 0 saturated heterocycles. The third kappa shape index (κ3) is 4.60. The molecule has 146 valence electrons. The fourth-order valence-electron chi connectivity index (χ4n) is 2.98. The summed E-state index contributed by atoms with van der Waals surface area (Å²) in [5.41, 5.74) is 4.09. The number of fused-ring (bicyclic) bond motifs is 1. The van der Waals surface area contributed by atoms with Crippen LogP contribution in [0.1, 0.15) is 18.2 Å². The summed E-state index contributed by atoms with van der Waals surface area (Å²) < 4.78 is 10.8. The van der Waals surface area contributed by atoms with Crippen LogP contribution >= 0.6 is 0 Å². The van der Waals surface area contributed by atoms with Crippen molar-refractivity contribution in [3.63, 3.8) is 0 Å². The summed E-state index contributed by atoms with van der Waals surface area (Å²) in [6.07, 6.45) is 0.138. The van der Waals surface area contributed by atoms with Crippen molar-refractivity contribution in [3.8, 4) is 17.1 Å². The van der Waals surface area contributed by atoms with Crippen LogP contribution in [-0.2, 0) is 22.6 Å². The molecule has 0 fully saturated rings. The lowest BCUT2D eigenvalue weighted by molar-refractivity contribution is -0.142. The van der Waals surface area contributed by atoms with E-state index in [2.05, 4.69) is 15.0 Å². The average molecular weight is 387 g/mol. The normalized spacial score (nSPS) is 10.8. The summed E-state index contributed by atoms with van der Waals surface area (Å²) in [6.45, 7) is 2.67. The summed E-state index contributed by atoms with van der Waals surface area (Å²) in [6, 6.07) is 21.5. The molecule has 6 nitrogen and oxygen atoms in total. The van der Waals surface area contributed by atoms with Gasteiger partial charge >= 0.3 is 5.97 Å². The van der Waals surface area contributed by atoms with Crippen LogP contribution in [0.25, 0.3) is 22.6 Å². The minimum absolute atomic E-state index is 0.138. The molecule has 0 aliphatic rings. The molecule has 2 aromatic carbocycles. The monoisotopic (exact) mass is 387 g/mol. The Bertz CT molecular complexity index is 1110. The lowest BCUT2D eigenvalue weighted by Gasteiger charge is -2.06. The number of esters is 1. The molecule has 0 unspecified atom stereocenters. The summed E-state index contributed by atoms with van der Waals surface area (Å²) in [5.74, 6) is 1.22. The summed E-state index contributed by atoms with van der Waals surface area (Å²) in [7, 11) is 0. The van der Waals surface area contributed by atoms with Gasteiger partial charge in [0.1, 0.15) is 18.2 Å². The van der Waals surface area contributed by atoms with E-state index in [-0.39, 0.29) is 12.4 Å². The first-order valence-electron chi connectivity index (χ1n) is 9.49. The van der Waals surface area contributed by atoms with Crippen LogP contribution in [0, 0.1) is 0 Å². The molecule has 2 aromatic heterocycles. The van der Waals surface area contributed by atoms with Crippen molar-refractivity contribution < 1.29 is 14.3 Å². The highest BCUT2D eigenvalue weighted by molar-refractivity contribution is 5.77. The molecule has 1 N–H and O–H groups in total. The minimum atomic E-state index is -0.291. The van der Waals surface area contributed by atoms with Crippen molar-refractivity contribution in [3.05, 3.63) is 78.0 Å². The molecule has 0 saturated carbocycles. The number of ether oxygens (including phenoxy) is 2. The number of pyridine rings is 1. The van der Waals surface area contributed by atoms with Gasteiger partial charge in [-0.3, -0.25) is 4.79 Å². The fraction of sp³-hybridized carbons (Fsp3) is 0.174. The molecule has 0 aliphatic heterocycles. The van der Waals surface area contributed by atoms with E-state index >= 15 is 0 Å². The number of carbonyl (C=O) groups is 1. The average Bonchev–Trinajstić information content (AvgIpc) is 3.17. The van der Waals surface area contributed by atoms with E-state index in [9.17, 15) is 4.79 Å². The molecule has 0 bridgehead atoms. The zero-order valence-electron chi connectivity index (χ0n) is 16.1. The number of hydrogen-bond acceptors (Lipinski definition) is 5. The lowest BCUT2D eigenvalue weighted by atomic mass is 10.2. The second-order valence-electron chi connectivity index (χ2n) is 6.54. The number of carbonyl (C=O) groups excluding carboxylic acids is 1. The van der Waals surface area contributed by atoms with Gasteiger partial charge < -0.3 is 14.5 Å². The summed E-state index contributed by atoms with van der Waals surface area (Å²) in [4.78, 5) is 23.9. The molecule has 0 amide bonds. The number of aromatic amines is 1. The van der Waals surface area contributed by atoms with Gasteiger partial charge in [0.2, 0.25) is 0 Å². The van der Waals surface area contributed by atoms with Gasteiger partial charge in [-0.2, -0.15) is 0 Å². The molecule has 29 heavy (non-hydrogen) atoms. The topological polar surface area (TPSA) is 77.1 Å². The molecular weight excluding hydrogens is 366 g/mol. The second kappa shape index (κ2) is 8.56. The van der Waals surface area contributed by atoms with Crippen molar-refractivity contribution in [1.29, 1.82) is 0 Å². The van der Waals surface area contributed by atoms with E-state index in [1.54, 1.807) is 6.92 Å². The van der Waals surface area contributed by atoms with Crippen molar-refractivity contribution in [2.24, 2.45) is 0 Å². The largest absolute Gasteiger partial charge is 0.489 e. The highest BCUT2D eigenvalue weighted by Crippen LogP contribution is 2.23. The van der Waals surface area contributed by atoms with Gasteiger partial charge in [0, 0.05) is 5.56 Å². The lowest BCUT2D eigenvalue weighted by Crippen LogP contribution is -2.08. The smallest absolute Gasteiger partial charge is 0.311 e. The number of rotatable bonds is 7. The number of nitrogens with one attached hydrogen (secondary N) is 1. The van der Waals surface area contributed by atoms with Crippen LogP contribution in [-0.4, -0.2) is 27.5 Å². The highest BCUT2D eigenvalue weighted by atomic mass is 16.5. The van der Waals surface area contributed by atoms with Crippen LogP contribution in [0.15, 0.2) is 66.7 Å². The van der Waals surface area contributed by atoms with E-state index in [0.29, 0.717) is 24.6 Å². The van der Waals surface area contributed by atoms with Crippen LogP contribution < -0.4 is 4.74 Å². The molecule has 0 atom stereocenters. The first-order chi connectivity index (χ1) is 14.2. The van der Waals surface area contributed by atoms with E-state index in [0.717, 1.165) is 28.2 Å². The van der Waals surface area contributed by atoms with Gasteiger partial charge in [-0.15, -0.1) is 0 Å². The first kappa shape index (κ1) is 18.7. The van der Waals surface area contributed by atoms with E-state index < -0.39 is 0 Å². The Morgan fingerprint density at radius 2 is 1.76 bits per heavy atom. The van der Waals surface area contributed by atoms with Crippen molar-refractivity contribution in [2.45, 2.75) is 20.0 Å². The fourth-order valence-corrected chi connectivity index (χ4v) is 2.98. The van der Waals surface area contributed by atoms with Crippen molar-refractivity contribution in [2.75, 3.05) is 6.61 Å². The molecule has 6 heteroatoms. The minimum Gasteiger partial charge on any atom is -0.489 e. The van der Waals surface area contributed by atoms with Gasteiger partial charge in [0.05, 0.1) is 24.2 Å². The number of hydrogen-bond donors (Lipinski definition) is 1. The Morgan fingerprint density at radius 1 is 0.966 bits per heavy atom. The Kier molecular flexibility index (Phi) is 5.52. The van der Waals surface area contributed by atoms with E-state index in [4.69, 9.17) is 9.47 Å². The van der Waals surface area contributed by atoms with Crippen molar-refractivity contribution >= 4 is 17.1 Å². The van der Waals surface area contributed by atoms with Crippen LogP contribution in [0.4, 0.5) is 0 Å². The second-order valence-corrected chi connectivity index (χ2v) is 6.54. The van der Waals surface area contributed by atoms with Gasteiger partial charge in [-0.1, -0.05) is 30.3 Å². The molecule has 4 rings (SSSR count). The van der Waals surface area contributed by atoms with E-state index in [1.807, 2.05) is 66.7 Å². The maximum atomic E-state index is 11.6. The number of imidazole rings is 1. The molecule has 0 radical (unpaired) electrons. The van der Waals surface area contributed by atoms with Crippen LogP contribution in [0.3, 0.4) is 0 Å². The molecule has 4 aromatic rings. The maximum absolute atomic E-state index is 11.6. The van der Waals surface area contributed by atoms with Gasteiger partial charge in [0.15, 0.2) is 5.65 Å². The van der Waals surface area contributed by atoms with Gasteiger partial charge in [-0.25, -0.2) is 9.97 Å². The molecule has 0 aliphatic carbocycles. The predicted molar refractivity (Wildman–Crippen MR) is 110 cm³/mol. The Morgan fingerprint density at radius 3 is 2.52 bits per heavy atom. The van der Waals surface area contributed by atoms with Crippen LogP contribution in [0.2, 0.25) is 0 Å². The standard InChI is InChI=1S/C23H21N3O3/c1-2-28-21(27)14-18-10-13-20-23(24-18)26-22(25-20)17-8-11-19(12-9-17)29-15-16-6-4-3-5-7-16/h3-13H,2,14-15H2,1H3,(H,24,25,26). The maximum Gasteiger partial charge on any atom is 0.311 e. The third-order valence-electron chi connectivity index (χ3n) is 4.41. The van der Waals surface area contributed by atoms with Crippen LogP contribution in [0.5, 0.6) is 5.75 Å². The highest BCUT2D eigenvalue weighted by Gasteiger charge is 2.10. The quantitative estimate of drug-likeness (QED) is 0.478. The zero-order chi connectivity index (χ0) is 20.1. The molecular formula is C23H21N3O3. The molecule has 2 heterocycles. The third-order valence-corrected chi connectivity index (χ3v) is 4.41. The number of benzene rings is 2. The number of H-pyrrole nitrogens is 1. The number of nitrogens with zero attached hydrogens (tertiary/aromatic N) is 2. The Balaban J connectivity index is 1.46. The SMILES string of the molecule is CCOC(=O)Cc1ccc2[nH]c(-c3ccc(OCc4ccccc4)cc3)nc2n1. The summed E-state index contributed by atoms with van der Waals surface area (Å²) >= 11 is 0. The Labute approximate surface area is 168 Å². The van der Waals surface area contributed by atoms with Gasteiger partial charge in [0.25, 0.3) is 0 Å². The summed E-state index contributed by atoms with van der Waals surface area (Å²) in [5, 5.41) is 0.